The Hall–Kier alpha value is -1.51. The van der Waals surface area contributed by atoms with E-state index in [-0.39, 0.29) is 5.97 Å². The van der Waals surface area contributed by atoms with Gasteiger partial charge in [-0.25, -0.2) is 4.79 Å². The van der Waals surface area contributed by atoms with Crippen molar-refractivity contribution < 1.29 is 13.9 Å². The molecule has 106 valence electrons. The summed E-state index contributed by atoms with van der Waals surface area (Å²) in [5, 5.41) is 0. The fourth-order valence-electron chi connectivity index (χ4n) is 4.62. The number of furan rings is 1. The molecule has 0 unspecified atom stereocenters. The second-order valence-corrected chi connectivity index (χ2v) is 6.73. The Morgan fingerprint density at radius 3 is 3.15 bits per heavy atom. The van der Waals surface area contributed by atoms with E-state index in [0.29, 0.717) is 23.5 Å². The molecule has 0 radical (unpaired) electrons. The van der Waals surface area contributed by atoms with Crippen LogP contribution in [0.5, 0.6) is 0 Å². The van der Waals surface area contributed by atoms with Crippen molar-refractivity contribution in [2.24, 2.45) is 23.2 Å². The fourth-order valence-corrected chi connectivity index (χ4v) is 4.62. The predicted molar refractivity (Wildman–Crippen MR) is 74.4 cm³/mol. The molecule has 3 aliphatic rings. The lowest BCUT2D eigenvalue weighted by Crippen LogP contribution is -2.35. The number of esters is 1. The molecule has 1 aromatic rings. The van der Waals surface area contributed by atoms with Crippen molar-refractivity contribution in [2.45, 2.75) is 33.1 Å². The van der Waals surface area contributed by atoms with E-state index in [1.807, 2.05) is 6.92 Å². The number of hydrogen-bond acceptors (Lipinski definition) is 3. The van der Waals surface area contributed by atoms with Gasteiger partial charge in [-0.05, 0) is 42.9 Å². The van der Waals surface area contributed by atoms with Gasteiger partial charge >= 0.3 is 5.97 Å². The first-order chi connectivity index (χ1) is 9.56. The summed E-state index contributed by atoms with van der Waals surface area (Å²) in [5.41, 5.74) is 3.38. The van der Waals surface area contributed by atoms with Gasteiger partial charge in [0.2, 0.25) is 0 Å². The Labute approximate surface area is 119 Å². The minimum Gasteiger partial charge on any atom is -0.468 e. The second kappa shape index (κ2) is 3.78. The SMILES string of the molecule is C=C1[C@H]2C[C@H]2[C@]2(C)Cc3occ(C(=O)OCC)c3C[C@@H]12. The van der Waals surface area contributed by atoms with E-state index in [2.05, 4.69) is 13.5 Å². The van der Waals surface area contributed by atoms with E-state index < -0.39 is 0 Å². The first-order valence-corrected chi connectivity index (χ1v) is 7.51. The standard InChI is InChI=1S/C17H20O3/c1-4-19-16(18)12-8-20-15-7-17(3)13(6-11(12)15)9(2)10-5-14(10)17/h8,10,13-14H,2,4-7H2,1,3H3/t10-,13+,14-,17-/m1/s1. The van der Waals surface area contributed by atoms with Crippen molar-refractivity contribution in [3.8, 4) is 0 Å². The number of carbonyl (C=O) groups is 1. The molecule has 3 heteroatoms. The zero-order valence-corrected chi connectivity index (χ0v) is 12.1. The maximum Gasteiger partial charge on any atom is 0.341 e. The van der Waals surface area contributed by atoms with Gasteiger partial charge < -0.3 is 9.15 Å². The molecule has 20 heavy (non-hydrogen) atoms. The van der Waals surface area contributed by atoms with Crippen molar-refractivity contribution in [2.75, 3.05) is 6.61 Å². The number of hydrogen-bond donors (Lipinski definition) is 0. The predicted octanol–water partition coefficient (Wildman–Crippen LogP) is 3.38. The van der Waals surface area contributed by atoms with Gasteiger partial charge in [-0.1, -0.05) is 19.1 Å². The van der Waals surface area contributed by atoms with Crippen LogP contribution in [0.2, 0.25) is 0 Å². The third kappa shape index (κ3) is 1.38. The topological polar surface area (TPSA) is 39.4 Å². The third-order valence-corrected chi connectivity index (χ3v) is 5.78. The molecule has 0 saturated heterocycles. The normalized spacial score (nSPS) is 37.1. The lowest BCUT2D eigenvalue weighted by Gasteiger charge is -2.38. The Balaban J connectivity index is 1.72. The summed E-state index contributed by atoms with van der Waals surface area (Å²) in [6.07, 6.45) is 4.71. The summed E-state index contributed by atoms with van der Waals surface area (Å²) in [4.78, 5) is 12.0. The molecule has 0 amide bonds. The van der Waals surface area contributed by atoms with Crippen molar-refractivity contribution in [1.29, 1.82) is 0 Å². The average molecular weight is 272 g/mol. The molecule has 2 fully saturated rings. The fraction of sp³-hybridized carbons (Fsp3) is 0.588. The lowest BCUT2D eigenvalue weighted by molar-refractivity contribution is 0.0523. The van der Waals surface area contributed by atoms with Gasteiger partial charge in [-0.2, -0.15) is 0 Å². The van der Waals surface area contributed by atoms with Crippen molar-refractivity contribution >= 4 is 5.97 Å². The van der Waals surface area contributed by atoms with Crippen LogP contribution in [-0.4, -0.2) is 12.6 Å². The smallest absolute Gasteiger partial charge is 0.341 e. The van der Waals surface area contributed by atoms with Crippen LogP contribution in [0.1, 0.15) is 41.9 Å². The van der Waals surface area contributed by atoms with Crippen LogP contribution < -0.4 is 0 Å². The molecule has 4 atom stereocenters. The van der Waals surface area contributed by atoms with Gasteiger partial charge in [0.05, 0.1) is 6.61 Å². The number of rotatable bonds is 2. The Morgan fingerprint density at radius 1 is 1.60 bits per heavy atom. The Bertz CT molecular complexity index is 612. The van der Waals surface area contributed by atoms with Crippen molar-refractivity contribution in [1.82, 2.24) is 0 Å². The minimum absolute atomic E-state index is 0.255. The minimum atomic E-state index is -0.255. The van der Waals surface area contributed by atoms with Gasteiger partial charge in [-0.3, -0.25) is 0 Å². The maximum atomic E-state index is 12.0. The summed E-state index contributed by atoms with van der Waals surface area (Å²) in [7, 11) is 0. The monoisotopic (exact) mass is 272 g/mol. The zero-order chi connectivity index (χ0) is 14.1. The molecule has 0 aliphatic heterocycles. The van der Waals surface area contributed by atoms with Gasteiger partial charge in [0.25, 0.3) is 0 Å². The van der Waals surface area contributed by atoms with E-state index in [1.54, 1.807) is 6.26 Å². The summed E-state index contributed by atoms with van der Waals surface area (Å²) in [6, 6.07) is 0. The van der Waals surface area contributed by atoms with Gasteiger partial charge in [0.1, 0.15) is 17.6 Å². The van der Waals surface area contributed by atoms with Crippen LogP contribution in [0.25, 0.3) is 0 Å². The van der Waals surface area contributed by atoms with Crippen LogP contribution >= 0.6 is 0 Å². The van der Waals surface area contributed by atoms with Crippen LogP contribution in [0.15, 0.2) is 22.8 Å². The molecule has 3 nitrogen and oxygen atoms in total. The quantitative estimate of drug-likeness (QED) is 0.612. The van der Waals surface area contributed by atoms with Crippen LogP contribution in [0.4, 0.5) is 0 Å². The maximum absolute atomic E-state index is 12.0. The Morgan fingerprint density at radius 2 is 2.40 bits per heavy atom. The van der Waals surface area contributed by atoms with Gasteiger partial charge in [-0.15, -0.1) is 0 Å². The molecule has 0 spiro atoms. The summed E-state index contributed by atoms with van der Waals surface area (Å²) < 4.78 is 10.8. The molecule has 0 N–H and O–H groups in total. The number of fused-ring (bicyclic) bond motifs is 4. The molecular weight excluding hydrogens is 252 g/mol. The number of allylic oxidation sites excluding steroid dienone is 1. The van der Waals surface area contributed by atoms with E-state index in [1.165, 1.54) is 12.0 Å². The van der Waals surface area contributed by atoms with E-state index in [4.69, 9.17) is 9.15 Å². The van der Waals surface area contributed by atoms with Gasteiger partial charge in [0, 0.05) is 12.0 Å². The zero-order valence-electron chi connectivity index (χ0n) is 12.1. The Kier molecular flexibility index (Phi) is 2.31. The molecule has 1 heterocycles. The summed E-state index contributed by atoms with van der Waals surface area (Å²) in [6.45, 7) is 8.93. The largest absolute Gasteiger partial charge is 0.468 e. The summed E-state index contributed by atoms with van der Waals surface area (Å²) in [5.74, 6) is 2.75. The van der Waals surface area contributed by atoms with Crippen LogP contribution in [0, 0.1) is 23.2 Å². The van der Waals surface area contributed by atoms with E-state index in [0.717, 1.165) is 36.0 Å². The second-order valence-electron chi connectivity index (χ2n) is 6.73. The highest BCUT2D eigenvalue weighted by Crippen LogP contribution is 2.69. The molecule has 0 aromatic carbocycles. The highest BCUT2D eigenvalue weighted by atomic mass is 16.5. The molecular formula is C17H20O3. The van der Waals surface area contributed by atoms with Crippen molar-refractivity contribution in [3.63, 3.8) is 0 Å². The first kappa shape index (κ1) is 12.2. The highest BCUT2D eigenvalue weighted by molar-refractivity contribution is 5.91. The molecule has 1 aromatic heterocycles. The first-order valence-electron chi connectivity index (χ1n) is 7.51. The van der Waals surface area contributed by atoms with Crippen molar-refractivity contribution in [3.05, 3.63) is 35.3 Å². The summed E-state index contributed by atoms with van der Waals surface area (Å²) >= 11 is 0. The van der Waals surface area contributed by atoms with Gasteiger partial charge in [0.15, 0.2) is 0 Å². The van der Waals surface area contributed by atoms with Crippen LogP contribution in [0.3, 0.4) is 0 Å². The lowest BCUT2D eigenvalue weighted by atomic mass is 9.65. The molecule has 2 saturated carbocycles. The molecule has 3 aliphatic carbocycles. The third-order valence-electron chi connectivity index (χ3n) is 5.78. The van der Waals surface area contributed by atoms with Crippen LogP contribution in [-0.2, 0) is 17.6 Å². The number of carbonyl (C=O) groups excluding carboxylic acids is 1. The molecule has 4 rings (SSSR count). The average Bonchev–Trinajstić information content (AvgIpc) is 3.08. The molecule has 0 bridgehead atoms. The number of ether oxygens (including phenoxy) is 1. The van der Waals surface area contributed by atoms with E-state index >= 15 is 0 Å². The van der Waals surface area contributed by atoms with E-state index in [9.17, 15) is 4.79 Å². The highest BCUT2D eigenvalue weighted by Gasteiger charge is 2.64.